The molecule has 1 fully saturated rings. The first-order chi connectivity index (χ1) is 27.2. The van der Waals surface area contributed by atoms with Crippen molar-refractivity contribution in [1.82, 2.24) is 20.2 Å². The predicted octanol–water partition coefficient (Wildman–Crippen LogP) is 8.02. The number of hydrogen-bond donors (Lipinski definition) is 3. The van der Waals surface area contributed by atoms with Crippen molar-refractivity contribution in [2.45, 2.75) is 116 Å². The number of nitrogens with zero attached hydrogens (tertiary/aromatic N) is 3. The molecule has 0 radical (unpaired) electrons. The first kappa shape index (κ1) is 58.9. The van der Waals surface area contributed by atoms with Gasteiger partial charge in [0.25, 0.3) is 10.0 Å². The fraction of sp³-hybridized carbons (Fsp3) is 0.600. The normalized spacial score (nSPS) is 15.5. The first-order valence-electron chi connectivity index (χ1n) is 19.1. The van der Waals surface area contributed by atoms with Crippen molar-refractivity contribution in [3.63, 3.8) is 0 Å². The molecule has 328 valence electrons. The zero-order valence-electron chi connectivity index (χ0n) is 36.2. The van der Waals surface area contributed by atoms with Crippen LogP contribution >= 0.6 is 48.4 Å². The molecule has 3 rings (SSSR count). The van der Waals surface area contributed by atoms with Crippen molar-refractivity contribution in [1.29, 1.82) is 0 Å². The van der Waals surface area contributed by atoms with Crippen molar-refractivity contribution in [3.8, 4) is 0 Å². The highest BCUT2D eigenvalue weighted by Gasteiger charge is 2.30. The van der Waals surface area contributed by atoms with Gasteiger partial charge in [-0.25, -0.2) is 18.9 Å². The van der Waals surface area contributed by atoms with Crippen LogP contribution in [-0.2, 0) is 33.9 Å². The lowest BCUT2D eigenvalue weighted by atomic mass is 10.00. The molecule has 1 aliphatic rings. The number of amides is 1. The lowest BCUT2D eigenvalue weighted by Crippen LogP contribution is -2.52. The molecular formula is C40H71N5O7S5. The minimum atomic E-state index is -3.81. The van der Waals surface area contributed by atoms with Crippen LogP contribution in [0.25, 0.3) is 0 Å². The van der Waals surface area contributed by atoms with Gasteiger partial charge in [0.15, 0.2) is 0 Å². The number of carbonyl (C=O) groups is 3. The van der Waals surface area contributed by atoms with E-state index in [9.17, 15) is 22.8 Å². The summed E-state index contributed by atoms with van der Waals surface area (Å²) in [6.07, 6.45) is 6.18. The van der Waals surface area contributed by atoms with E-state index >= 15 is 0 Å². The SMILES string of the molecule is C=S.CC.CCNC=O.CCOC(=O)C(C)SCN(N(C)c1ccccc1)S(=O)(=O)c1ccc(C)cc1.CCOC(=O)C(C)SCNN1C(C)CCCC1C.CS. The highest BCUT2D eigenvalue weighted by atomic mass is 32.2. The number of aryl methyl sites for hydroxylation is 1. The lowest BCUT2D eigenvalue weighted by molar-refractivity contribution is -0.143. The molecule has 1 aliphatic heterocycles. The first-order valence-corrected chi connectivity index (χ1v) is 24.1. The Bertz CT molecular complexity index is 1400. The van der Waals surface area contributed by atoms with Crippen LogP contribution in [0.4, 0.5) is 5.69 Å². The molecule has 0 spiro atoms. The van der Waals surface area contributed by atoms with Crippen LogP contribution in [0.2, 0.25) is 0 Å². The molecule has 0 aliphatic carbocycles. The third kappa shape index (κ3) is 24.3. The van der Waals surface area contributed by atoms with Gasteiger partial charge in [0.1, 0.15) is 10.5 Å². The fourth-order valence-electron chi connectivity index (χ4n) is 4.81. The minimum Gasteiger partial charge on any atom is -0.465 e. The molecule has 17 heteroatoms. The summed E-state index contributed by atoms with van der Waals surface area (Å²) in [7, 11) is -2.12. The Morgan fingerprint density at radius 2 is 1.40 bits per heavy atom. The summed E-state index contributed by atoms with van der Waals surface area (Å²) in [4.78, 5) is 32.9. The van der Waals surface area contributed by atoms with Gasteiger partial charge < -0.3 is 14.8 Å². The fourth-order valence-corrected chi connectivity index (χ4v) is 8.09. The third-order valence-electron chi connectivity index (χ3n) is 7.79. The summed E-state index contributed by atoms with van der Waals surface area (Å²) < 4.78 is 37.9. The number of thiocarbonyl (C=S) groups is 1. The molecule has 2 N–H and O–H groups in total. The Morgan fingerprint density at radius 3 is 1.82 bits per heavy atom. The van der Waals surface area contributed by atoms with Crippen LogP contribution in [0.1, 0.15) is 87.1 Å². The maximum atomic E-state index is 13.3. The molecule has 12 nitrogen and oxygen atoms in total. The van der Waals surface area contributed by atoms with Gasteiger partial charge in [-0.05, 0) is 105 Å². The zero-order valence-corrected chi connectivity index (χ0v) is 40.4. The van der Waals surface area contributed by atoms with E-state index in [-0.39, 0.29) is 28.0 Å². The van der Waals surface area contributed by atoms with E-state index < -0.39 is 15.3 Å². The Morgan fingerprint density at radius 1 is 0.930 bits per heavy atom. The monoisotopic (exact) mass is 893 g/mol. The predicted molar refractivity (Wildman–Crippen MR) is 251 cm³/mol. The second kappa shape index (κ2) is 36.7. The van der Waals surface area contributed by atoms with E-state index in [4.69, 9.17) is 9.47 Å². The molecule has 4 atom stereocenters. The van der Waals surface area contributed by atoms with Crippen molar-refractivity contribution in [3.05, 3.63) is 60.2 Å². The third-order valence-corrected chi connectivity index (χ3v) is 11.8. The van der Waals surface area contributed by atoms with Crippen molar-refractivity contribution < 1.29 is 32.3 Å². The number of rotatable bonds is 17. The van der Waals surface area contributed by atoms with Crippen LogP contribution in [0.3, 0.4) is 0 Å². The van der Waals surface area contributed by atoms with E-state index in [0.29, 0.717) is 31.7 Å². The lowest BCUT2D eigenvalue weighted by Gasteiger charge is -2.39. The van der Waals surface area contributed by atoms with Gasteiger partial charge in [-0.3, -0.25) is 19.4 Å². The summed E-state index contributed by atoms with van der Waals surface area (Å²) in [6.45, 7) is 20.9. The van der Waals surface area contributed by atoms with Gasteiger partial charge >= 0.3 is 11.9 Å². The summed E-state index contributed by atoms with van der Waals surface area (Å²) in [6, 6.07) is 17.1. The average molecular weight is 894 g/mol. The number of carbonyl (C=O) groups excluding carboxylic acids is 3. The number of thioether (sulfide) groups is 2. The Balaban J connectivity index is -0.000000860. The molecule has 2 aromatic rings. The van der Waals surface area contributed by atoms with Crippen molar-refractivity contribution in [2.75, 3.05) is 49.8 Å². The largest absolute Gasteiger partial charge is 0.465 e. The Hall–Kier alpha value is -2.38. The van der Waals surface area contributed by atoms with E-state index in [1.54, 1.807) is 68.2 Å². The summed E-state index contributed by atoms with van der Waals surface area (Å²) >= 11 is 10.2. The Labute approximate surface area is 364 Å². The molecule has 0 aromatic heterocycles. The number of nitrogens with one attached hydrogen (secondary N) is 2. The number of anilines is 1. The van der Waals surface area contributed by atoms with Crippen LogP contribution in [0.15, 0.2) is 59.5 Å². The molecule has 1 amide bonds. The number of hydrogen-bond acceptors (Lipinski definition) is 14. The maximum Gasteiger partial charge on any atom is 0.318 e. The smallest absolute Gasteiger partial charge is 0.318 e. The number of hydrazine groups is 2. The van der Waals surface area contributed by atoms with Crippen LogP contribution in [0.5, 0.6) is 0 Å². The summed E-state index contributed by atoms with van der Waals surface area (Å²) in [5.74, 6) is 3.18. The molecule has 57 heavy (non-hydrogen) atoms. The number of sulfonamides is 1. The Kier molecular flexibility index (Phi) is 37.9. The molecule has 0 bridgehead atoms. The minimum absolute atomic E-state index is 0.0710. The number of para-hydroxylation sites is 1. The highest BCUT2D eigenvalue weighted by molar-refractivity contribution is 8.01. The van der Waals surface area contributed by atoms with Gasteiger partial charge in [0, 0.05) is 25.7 Å². The van der Waals surface area contributed by atoms with Crippen molar-refractivity contribution in [2.24, 2.45) is 0 Å². The number of benzene rings is 2. The van der Waals surface area contributed by atoms with E-state index in [0.717, 1.165) is 23.7 Å². The highest BCUT2D eigenvalue weighted by Crippen LogP contribution is 2.26. The molecule has 0 saturated carbocycles. The number of piperidine rings is 1. The van der Waals surface area contributed by atoms with Crippen LogP contribution in [0, 0.1) is 6.92 Å². The van der Waals surface area contributed by atoms with E-state index in [1.165, 1.54) is 35.4 Å². The van der Waals surface area contributed by atoms with Gasteiger partial charge in [-0.15, -0.1) is 23.5 Å². The second-order valence-electron chi connectivity index (χ2n) is 11.8. The van der Waals surface area contributed by atoms with E-state index in [2.05, 4.69) is 60.3 Å². The van der Waals surface area contributed by atoms with Gasteiger partial charge in [-0.1, -0.05) is 72.8 Å². The van der Waals surface area contributed by atoms with Crippen LogP contribution < -0.4 is 15.8 Å². The van der Waals surface area contributed by atoms with Gasteiger partial charge in [0.2, 0.25) is 6.41 Å². The summed E-state index contributed by atoms with van der Waals surface area (Å²) in [5.41, 5.74) is 5.14. The topological polar surface area (TPSA) is 138 Å². The molecule has 1 heterocycles. The zero-order chi connectivity index (χ0) is 44.4. The van der Waals surface area contributed by atoms with Crippen molar-refractivity contribution >= 4 is 88.3 Å². The molecule has 2 aromatic carbocycles. The van der Waals surface area contributed by atoms with Gasteiger partial charge in [0.05, 0.1) is 35.6 Å². The number of ether oxygens (including phenoxy) is 2. The maximum absolute atomic E-state index is 13.3. The van der Waals surface area contributed by atoms with E-state index in [1.807, 2.05) is 71.9 Å². The second-order valence-corrected chi connectivity index (χ2v) is 16.2. The van der Waals surface area contributed by atoms with Crippen LogP contribution in [-0.4, -0.2) is 109 Å². The summed E-state index contributed by atoms with van der Waals surface area (Å²) in [5, 5.41) is 5.75. The number of thiol groups is 1. The quantitative estimate of drug-likeness (QED) is 0.0354. The average Bonchev–Trinajstić information content (AvgIpc) is 3.22. The van der Waals surface area contributed by atoms with Gasteiger partial charge in [-0.2, -0.15) is 12.6 Å². The molecule has 1 saturated heterocycles. The molecular weight excluding hydrogens is 823 g/mol. The number of esters is 2. The standard InChI is InChI=1S/C20H26N2O4S2.C13H26N2O2S.C3H7NO.C2H6.CH4S.CH2S/c1-5-26-20(23)17(3)27-15-22(21(4)18-9-7-6-8-10-18)28(24,25)19-13-11-16(2)12-14-19;1-5-17-13(16)12(4)18-9-14-15-10(2)7-6-8-11(15)3;1-2-4-3-5;3*1-2/h6-14,17H,5,15H2,1-4H3;10-12,14H,5-9H2,1-4H3;3H,2H2,1H3,(H,4,5);1-2H3;2H,1H3;1H2. The molecule has 4 unspecified atom stereocenters.